The van der Waals surface area contributed by atoms with Gasteiger partial charge in [0.15, 0.2) is 0 Å². The lowest BCUT2D eigenvalue weighted by Gasteiger charge is -2.39. The highest BCUT2D eigenvalue weighted by Crippen LogP contribution is 2.39. The first-order valence-electron chi connectivity index (χ1n) is 4.73. The Kier molecular flexibility index (Phi) is 1.77. The molecule has 68 valence electrons. The molecule has 2 heterocycles. The van der Waals surface area contributed by atoms with E-state index >= 15 is 0 Å². The van der Waals surface area contributed by atoms with E-state index < -0.39 is 5.60 Å². The molecule has 0 saturated carbocycles. The standard InChI is InChI=1S/C10H17NO/c1-8(2)10(12)4-6-11-5-3-9(10)7-11/h9,12H,1,3-7H2,2H3. The van der Waals surface area contributed by atoms with E-state index in [0.717, 1.165) is 31.5 Å². The van der Waals surface area contributed by atoms with Crippen LogP contribution in [0.25, 0.3) is 0 Å². The maximum Gasteiger partial charge on any atom is 0.0904 e. The number of nitrogens with zero attached hydrogens (tertiary/aromatic N) is 1. The van der Waals surface area contributed by atoms with E-state index in [9.17, 15) is 5.11 Å². The van der Waals surface area contributed by atoms with Crippen molar-refractivity contribution in [3.8, 4) is 0 Å². The van der Waals surface area contributed by atoms with E-state index in [0.29, 0.717) is 5.92 Å². The second-order valence-electron chi connectivity index (χ2n) is 4.24. The zero-order chi connectivity index (χ0) is 8.77. The molecule has 2 rings (SSSR count). The Hall–Kier alpha value is -0.340. The van der Waals surface area contributed by atoms with Crippen LogP contribution in [0, 0.1) is 5.92 Å². The van der Waals surface area contributed by atoms with Crippen LogP contribution in [0.4, 0.5) is 0 Å². The fourth-order valence-corrected chi connectivity index (χ4v) is 2.52. The van der Waals surface area contributed by atoms with E-state index in [2.05, 4.69) is 11.5 Å². The Balaban J connectivity index is 2.21. The van der Waals surface area contributed by atoms with Crippen molar-refractivity contribution < 1.29 is 5.11 Å². The van der Waals surface area contributed by atoms with Crippen molar-refractivity contribution in [1.29, 1.82) is 0 Å². The Morgan fingerprint density at radius 2 is 2.33 bits per heavy atom. The second-order valence-corrected chi connectivity index (χ2v) is 4.24. The van der Waals surface area contributed by atoms with Crippen molar-refractivity contribution in [1.82, 2.24) is 4.90 Å². The van der Waals surface area contributed by atoms with Gasteiger partial charge in [-0.3, -0.25) is 0 Å². The minimum absolute atomic E-state index is 0.448. The van der Waals surface area contributed by atoms with E-state index in [-0.39, 0.29) is 0 Å². The van der Waals surface area contributed by atoms with Gasteiger partial charge in [0.05, 0.1) is 5.60 Å². The molecule has 2 heteroatoms. The highest BCUT2D eigenvalue weighted by Gasteiger charge is 2.45. The lowest BCUT2D eigenvalue weighted by Crippen LogP contribution is -2.46. The molecule has 2 bridgehead atoms. The van der Waals surface area contributed by atoms with Crippen LogP contribution in [0.2, 0.25) is 0 Å². The molecule has 3 unspecified atom stereocenters. The molecule has 2 saturated heterocycles. The molecule has 0 radical (unpaired) electrons. The topological polar surface area (TPSA) is 23.5 Å². The van der Waals surface area contributed by atoms with Gasteiger partial charge >= 0.3 is 0 Å². The number of rotatable bonds is 1. The van der Waals surface area contributed by atoms with Crippen LogP contribution in [0.3, 0.4) is 0 Å². The molecular formula is C10H17NO. The van der Waals surface area contributed by atoms with Crippen molar-refractivity contribution >= 4 is 0 Å². The molecule has 0 amide bonds. The summed E-state index contributed by atoms with van der Waals surface area (Å²) in [4.78, 5) is 2.43. The molecule has 0 spiro atoms. The van der Waals surface area contributed by atoms with Gasteiger partial charge < -0.3 is 10.0 Å². The smallest absolute Gasteiger partial charge is 0.0904 e. The normalized spacial score (nSPS) is 46.2. The number of hydrogen-bond acceptors (Lipinski definition) is 2. The summed E-state index contributed by atoms with van der Waals surface area (Å²) in [5.74, 6) is 0.448. The molecule has 3 atom stereocenters. The molecule has 2 aliphatic heterocycles. The molecule has 2 nitrogen and oxygen atoms in total. The monoisotopic (exact) mass is 167 g/mol. The lowest BCUT2D eigenvalue weighted by molar-refractivity contribution is -0.0117. The second kappa shape index (κ2) is 2.57. The average Bonchev–Trinajstić information content (AvgIpc) is 2.43. The van der Waals surface area contributed by atoms with Crippen LogP contribution in [0.5, 0.6) is 0 Å². The summed E-state index contributed by atoms with van der Waals surface area (Å²) in [6, 6.07) is 0. The highest BCUT2D eigenvalue weighted by molar-refractivity contribution is 5.16. The SMILES string of the molecule is C=C(C)C1(O)CCN2CCC1C2. The van der Waals surface area contributed by atoms with Crippen LogP contribution in [0.15, 0.2) is 12.2 Å². The summed E-state index contributed by atoms with van der Waals surface area (Å²) < 4.78 is 0. The van der Waals surface area contributed by atoms with E-state index in [1.165, 1.54) is 6.54 Å². The summed E-state index contributed by atoms with van der Waals surface area (Å²) in [5, 5.41) is 10.3. The largest absolute Gasteiger partial charge is 0.385 e. The van der Waals surface area contributed by atoms with Gasteiger partial charge in [-0.25, -0.2) is 0 Å². The van der Waals surface area contributed by atoms with Crippen LogP contribution < -0.4 is 0 Å². The molecule has 0 aromatic carbocycles. The van der Waals surface area contributed by atoms with Crippen LogP contribution >= 0.6 is 0 Å². The van der Waals surface area contributed by atoms with Gasteiger partial charge in [0.25, 0.3) is 0 Å². The van der Waals surface area contributed by atoms with Crippen LogP contribution in [0.1, 0.15) is 19.8 Å². The molecule has 0 aromatic heterocycles. The maximum atomic E-state index is 10.3. The third-order valence-electron chi connectivity index (χ3n) is 3.50. The lowest BCUT2D eigenvalue weighted by atomic mass is 9.78. The Morgan fingerprint density at radius 1 is 1.58 bits per heavy atom. The first kappa shape index (κ1) is 8.27. The predicted octanol–water partition coefficient (Wildman–Crippen LogP) is 1.02. The third-order valence-corrected chi connectivity index (χ3v) is 3.50. The van der Waals surface area contributed by atoms with Gasteiger partial charge in [0.1, 0.15) is 0 Å². The molecule has 12 heavy (non-hydrogen) atoms. The molecule has 0 aliphatic carbocycles. The average molecular weight is 167 g/mol. The first-order chi connectivity index (χ1) is 5.63. The number of piperidine rings is 1. The van der Waals surface area contributed by atoms with E-state index in [1.807, 2.05) is 6.92 Å². The van der Waals surface area contributed by atoms with E-state index in [1.54, 1.807) is 0 Å². The minimum atomic E-state index is -0.549. The van der Waals surface area contributed by atoms with Crippen molar-refractivity contribution in [2.75, 3.05) is 19.6 Å². The van der Waals surface area contributed by atoms with Crippen LogP contribution in [-0.2, 0) is 0 Å². The quantitative estimate of drug-likeness (QED) is 0.589. The minimum Gasteiger partial charge on any atom is -0.385 e. The number of fused-ring (bicyclic) bond motifs is 2. The maximum absolute atomic E-state index is 10.3. The van der Waals surface area contributed by atoms with Crippen LogP contribution in [-0.4, -0.2) is 35.2 Å². The number of hydrogen-bond donors (Lipinski definition) is 1. The van der Waals surface area contributed by atoms with Crippen molar-refractivity contribution in [3.05, 3.63) is 12.2 Å². The summed E-state index contributed by atoms with van der Waals surface area (Å²) in [5.41, 5.74) is 0.404. The van der Waals surface area contributed by atoms with Gasteiger partial charge in [0.2, 0.25) is 0 Å². The Morgan fingerprint density at radius 3 is 3.00 bits per heavy atom. The molecule has 2 aliphatic rings. The van der Waals surface area contributed by atoms with Gasteiger partial charge in [-0.2, -0.15) is 0 Å². The number of aliphatic hydroxyl groups is 1. The van der Waals surface area contributed by atoms with Crippen molar-refractivity contribution in [2.45, 2.75) is 25.4 Å². The third kappa shape index (κ3) is 1.02. The summed E-state index contributed by atoms with van der Waals surface area (Å²) in [7, 11) is 0. The molecule has 1 N–H and O–H groups in total. The zero-order valence-corrected chi connectivity index (χ0v) is 7.71. The van der Waals surface area contributed by atoms with Gasteiger partial charge in [-0.1, -0.05) is 6.58 Å². The molecule has 2 fully saturated rings. The predicted molar refractivity (Wildman–Crippen MR) is 48.9 cm³/mol. The van der Waals surface area contributed by atoms with Gasteiger partial charge in [0, 0.05) is 19.0 Å². The summed E-state index contributed by atoms with van der Waals surface area (Å²) >= 11 is 0. The highest BCUT2D eigenvalue weighted by atomic mass is 16.3. The van der Waals surface area contributed by atoms with Gasteiger partial charge in [-0.05, 0) is 31.9 Å². The Bertz CT molecular complexity index is 214. The van der Waals surface area contributed by atoms with Crippen molar-refractivity contribution in [3.63, 3.8) is 0 Å². The summed E-state index contributed by atoms with van der Waals surface area (Å²) in [6.07, 6.45) is 2.02. The van der Waals surface area contributed by atoms with Crippen molar-refractivity contribution in [2.24, 2.45) is 5.92 Å². The summed E-state index contributed by atoms with van der Waals surface area (Å²) in [6.45, 7) is 9.13. The zero-order valence-electron chi connectivity index (χ0n) is 7.71. The fourth-order valence-electron chi connectivity index (χ4n) is 2.52. The van der Waals surface area contributed by atoms with Gasteiger partial charge in [-0.15, -0.1) is 0 Å². The first-order valence-corrected chi connectivity index (χ1v) is 4.73. The molecule has 0 aromatic rings. The molecular weight excluding hydrogens is 150 g/mol. The Labute approximate surface area is 73.9 Å². The fraction of sp³-hybridized carbons (Fsp3) is 0.800. The van der Waals surface area contributed by atoms with E-state index in [4.69, 9.17) is 0 Å².